The number of allylic oxidation sites excluding steroid dienone is 1. The normalized spacial score (nSPS) is 13.5. The Morgan fingerprint density at radius 2 is 1.17 bits per heavy atom. The van der Waals surface area contributed by atoms with Crippen LogP contribution < -0.4 is 5.32 Å². The molecule has 0 unspecified atom stereocenters. The minimum Gasteiger partial charge on any atom is -0.462 e. The van der Waals surface area contributed by atoms with Crippen LogP contribution in [0, 0.1) is 0 Å². The summed E-state index contributed by atoms with van der Waals surface area (Å²) >= 11 is 7.13. The Morgan fingerprint density at radius 1 is 0.707 bits per heavy atom. The van der Waals surface area contributed by atoms with E-state index < -0.39 is 5.97 Å². The van der Waals surface area contributed by atoms with Crippen molar-refractivity contribution >= 4 is 49.4 Å². The van der Waals surface area contributed by atoms with Gasteiger partial charge in [0.25, 0.3) is 0 Å². The summed E-state index contributed by atoms with van der Waals surface area (Å²) in [5.74, 6) is -0.807. The second-order valence-electron chi connectivity index (χ2n) is 10.9. The van der Waals surface area contributed by atoms with Gasteiger partial charge in [-0.3, -0.25) is 0 Å². The van der Waals surface area contributed by atoms with E-state index in [-0.39, 0.29) is 16.3 Å². The molecule has 0 atom stereocenters. The molecule has 0 bridgehead atoms. The monoisotopic (exact) mass is 695 g/mol. The van der Waals surface area contributed by atoms with E-state index in [0.29, 0.717) is 35.6 Å². The lowest BCUT2D eigenvalue weighted by Gasteiger charge is -2.27. The average molecular weight is 698 g/mol. The first-order valence-electron chi connectivity index (χ1n) is 15.9. The molecule has 0 saturated carbocycles. The van der Waals surface area contributed by atoms with Gasteiger partial charge in [-0.2, -0.15) is 0 Å². The molecule has 5 nitrogen and oxygen atoms in total. The van der Waals surface area contributed by atoms with E-state index in [0.717, 1.165) is 37.7 Å². The second-order valence-corrected chi connectivity index (χ2v) is 13.9. The zero-order valence-electron chi connectivity index (χ0n) is 25.3. The van der Waals surface area contributed by atoms with Crippen molar-refractivity contribution in [2.75, 3.05) is 19.8 Å². The summed E-state index contributed by atoms with van der Waals surface area (Å²) in [6, 6.07) is 9.60. The van der Waals surface area contributed by atoms with Crippen LogP contribution in [-0.2, 0) is 19.1 Å². The van der Waals surface area contributed by atoms with E-state index >= 15 is 0 Å². The molecule has 1 aromatic carbocycles. The molecule has 7 heteroatoms. The molecule has 2 rings (SSSR count). The van der Waals surface area contributed by atoms with Crippen LogP contribution in [-0.4, -0.2) is 35.4 Å². The maximum Gasteiger partial charge on any atom is 0.340 e. The summed E-state index contributed by atoms with van der Waals surface area (Å²) in [7, 11) is 0. The first-order valence-corrected chi connectivity index (χ1v) is 17.7. The third-order valence-electron chi connectivity index (χ3n) is 7.47. The standard InChI is InChI=1S/C34H51Br2NO4/c1-3-5-7-9-11-13-15-20-24-40-33(38)28-26-37-31(32(35)36)30(29(28)27-22-18-17-19-23-27)34(39)41-25-21-16-14-12-10-8-6-4-2/h17-19,22-23,32,37H,3-16,20-21,24-26H2,1-2H3. The highest BCUT2D eigenvalue weighted by Gasteiger charge is 2.34. The molecular weight excluding hydrogens is 646 g/mol. The SMILES string of the molecule is CCCCCCCCCCOC(=O)C1=C(c2ccccc2)C(C(=O)OCCCCCCCCCC)=C(C(Br)Br)NC1. The van der Waals surface area contributed by atoms with Gasteiger partial charge in [0.1, 0.15) is 3.74 Å². The zero-order valence-corrected chi connectivity index (χ0v) is 28.5. The van der Waals surface area contributed by atoms with Gasteiger partial charge in [-0.05, 0) is 18.4 Å². The number of unbranched alkanes of at least 4 members (excludes halogenated alkanes) is 14. The van der Waals surface area contributed by atoms with Gasteiger partial charge in [0.2, 0.25) is 0 Å². The molecule has 1 aliphatic rings. The van der Waals surface area contributed by atoms with Crippen molar-refractivity contribution < 1.29 is 19.1 Å². The maximum absolute atomic E-state index is 13.6. The van der Waals surface area contributed by atoms with Crippen molar-refractivity contribution in [2.24, 2.45) is 0 Å². The van der Waals surface area contributed by atoms with Crippen LogP contribution in [0.4, 0.5) is 0 Å². The fourth-order valence-corrected chi connectivity index (χ4v) is 5.88. The molecular formula is C34H51Br2NO4. The van der Waals surface area contributed by atoms with Gasteiger partial charge in [-0.25, -0.2) is 9.59 Å². The number of carbonyl (C=O) groups excluding carboxylic acids is 2. The van der Waals surface area contributed by atoms with Gasteiger partial charge in [0.15, 0.2) is 0 Å². The van der Waals surface area contributed by atoms with Gasteiger partial charge in [0, 0.05) is 12.1 Å². The molecule has 0 aliphatic carbocycles. The Labute approximate surface area is 265 Å². The largest absolute Gasteiger partial charge is 0.462 e. The molecule has 0 radical (unpaired) electrons. The topological polar surface area (TPSA) is 64.6 Å². The Hall–Kier alpha value is -1.60. The molecule has 0 saturated heterocycles. The highest BCUT2D eigenvalue weighted by Crippen LogP contribution is 2.36. The number of esters is 2. The third kappa shape index (κ3) is 13.5. The molecule has 1 aliphatic heterocycles. The smallest absolute Gasteiger partial charge is 0.340 e. The van der Waals surface area contributed by atoms with Crippen molar-refractivity contribution in [1.82, 2.24) is 5.32 Å². The molecule has 0 spiro atoms. The van der Waals surface area contributed by atoms with E-state index in [1.807, 2.05) is 30.3 Å². The summed E-state index contributed by atoms with van der Waals surface area (Å²) in [5, 5.41) is 3.28. The number of benzene rings is 1. The quantitative estimate of drug-likeness (QED) is 0.0743. The number of nitrogens with one attached hydrogen (secondary N) is 1. The molecule has 0 fully saturated rings. The van der Waals surface area contributed by atoms with Gasteiger partial charge in [-0.15, -0.1) is 0 Å². The number of halogens is 2. The van der Waals surface area contributed by atoms with Gasteiger partial charge < -0.3 is 14.8 Å². The molecule has 230 valence electrons. The number of rotatable bonds is 22. The van der Waals surface area contributed by atoms with E-state index in [9.17, 15) is 9.59 Å². The van der Waals surface area contributed by atoms with Crippen molar-refractivity contribution in [2.45, 2.75) is 120 Å². The highest BCUT2D eigenvalue weighted by atomic mass is 79.9. The van der Waals surface area contributed by atoms with Crippen LogP contribution in [0.2, 0.25) is 0 Å². The first kappa shape index (κ1) is 35.6. The van der Waals surface area contributed by atoms with E-state index in [4.69, 9.17) is 9.47 Å². The number of ether oxygens (including phenoxy) is 2. The fourth-order valence-electron chi connectivity index (χ4n) is 5.10. The van der Waals surface area contributed by atoms with Crippen molar-refractivity contribution in [3.05, 3.63) is 52.7 Å². The second kappa shape index (κ2) is 22.0. The number of hydrogen-bond donors (Lipinski definition) is 1. The zero-order chi connectivity index (χ0) is 29.7. The van der Waals surface area contributed by atoms with Gasteiger partial charge in [-0.1, -0.05) is 166 Å². The summed E-state index contributed by atoms with van der Waals surface area (Å²) in [4.78, 5) is 26.9. The Morgan fingerprint density at radius 3 is 1.66 bits per heavy atom. The number of hydrogen-bond acceptors (Lipinski definition) is 5. The molecule has 41 heavy (non-hydrogen) atoms. The van der Waals surface area contributed by atoms with Crippen LogP contribution in [0.3, 0.4) is 0 Å². The van der Waals surface area contributed by atoms with Gasteiger partial charge in [0.05, 0.1) is 30.1 Å². The summed E-state index contributed by atoms with van der Waals surface area (Å²) < 4.78 is 11.2. The molecule has 0 amide bonds. The Kier molecular flexibility index (Phi) is 19.1. The number of dihydropyridines is 1. The van der Waals surface area contributed by atoms with E-state index in [1.165, 1.54) is 70.6 Å². The van der Waals surface area contributed by atoms with Gasteiger partial charge >= 0.3 is 11.9 Å². The molecule has 1 heterocycles. The highest BCUT2D eigenvalue weighted by molar-refractivity contribution is 9.24. The van der Waals surface area contributed by atoms with Crippen molar-refractivity contribution in [3.8, 4) is 0 Å². The summed E-state index contributed by atoms with van der Waals surface area (Å²) in [6.45, 7) is 5.48. The number of alkyl halides is 2. The minimum atomic E-state index is -0.425. The van der Waals surface area contributed by atoms with E-state index in [2.05, 4.69) is 51.0 Å². The molecule has 1 aromatic rings. The van der Waals surface area contributed by atoms with Crippen LogP contribution in [0.5, 0.6) is 0 Å². The molecule has 1 N–H and O–H groups in total. The summed E-state index contributed by atoms with van der Waals surface area (Å²) in [5.41, 5.74) is 2.87. The lowest BCUT2D eigenvalue weighted by molar-refractivity contribution is -0.139. The Bertz CT molecular complexity index is 959. The van der Waals surface area contributed by atoms with Crippen LogP contribution in [0.1, 0.15) is 122 Å². The van der Waals surface area contributed by atoms with Crippen LogP contribution in [0.25, 0.3) is 5.57 Å². The predicted octanol–water partition coefficient (Wildman–Crippen LogP) is 9.78. The summed E-state index contributed by atoms with van der Waals surface area (Å²) in [6.07, 6.45) is 18.8. The lowest BCUT2D eigenvalue weighted by Crippen LogP contribution is -2.34. The van der Waals surface area contributed by atoms with Crippen molar-refractivity contribution in [1.29, 1.82) is 0 Å². The first-order chi connectivity index (χ1) is 20.0. The number of carbonyl (C=O) groups is 2. The fraction of sp³-hybridized carbons (Fsp3) is 0.647. The third-order valence-corrected chi connectivity index (χ3v) is 8.39. The minimum absolute atomic E-state index is 0.276. The van der Waals surface area contributed by atoms with Crippen molar-refractivity contribution in [3.63, 3.8) is 0 Å². The van der Waals surface area contributed by atoms with E-state index in [1.54, 1.807) is 0 Å². The average Bonchev–Trinajstić information content (AvgIpc) is 2.98. The Balaban J connectivity index is 2.06. The predicted molar refractivity (Wildman–Crippen MR) is 177 cm³/mol. The van der Waals surface area contributed by atoms with Crippen LogP contribution in [0.15, 0.2) is 47.2 Å². The van der Waals surface area contributed by atoms with Crippen LogP contribution >= 0.6 is 31.9 Å². The maximum atomic E-state index is 13.6. The molecule has 0 aromatic heterocycles. The lowest BCUT2D eigenvalue weighted by atomic mass is 9.89.